The molecule has 8 nitrogen and oxygen atoms in total. The summed E-state index contributed by atoms with van der Waals surface area (Å²) in [7, 11) is 0. The Morgan fingerprint density at radius 1 is 1.18 bits per heavy atom. The van der Waals surface area contributed by atoms with E-state index in [9.17, 15) is 19.7 Å². The van der Waals surface area contributed by atoms with Gasteiger partial charge in [-0.3, -0.25) is 14.9 Å². The van der Waals surface area contributed by atoms with Crippen LogP contribution >= 0.6 is 11.3 Å². The van der Waals surface area contributed by atoms with E-state index in [1.165, 1.54) is 34.7 Å². The molecule has 1 aromatic heterocycles. The third-order valence-corrected chi connectivity index (χ3v) is 7.19. The smallest absolute Gasteiger partial charge is 0.343 e. The summed E-state index contributed by atoms with van der Waals surface area (Å²) in [4.78, 5) is 36.9. The summed E-state index contributed by atoms with van der Waals surface area (Å²) in [6, 6.07) is 12.2. The molecule has 33 heavy (non-hydrogen) atoms. The molecule has 0 bridgehead atoms. The van der Waals surface area contributed by atoms with E-state index >= 15 is 0 Å². The fourth-order valence-corrected chi connectivity index (χ4v) is 5.71. The molecule has 168 valence electrons. The minimum absolute atomic E-state index is 0.0888. The average Bonchev–Trinajstić information content (AvgIpc) is 3.17. The Balaban J connectivity index is 1.34. The number of fused-ring (bicyclic) bond motifs is 3. The monoisotopic (exact) mass is 463 g/mol. The number of carbonyl (C=O) groups excluding carboxylic acids is 2. The number of benzene rings is 2. The molecule has 2 atom stereocenters. The molecule has 1 aliphatic heterocycles. The number of thiophene rings is 1. The molecule has 2 aromatic carbocycles. The Morgan fingerprint density at radius 3 is 2.73 bits per heavy atom. The number of nitrogens with one attached hydrogen (secondary N) is 2. The number of hydrogen-bond acceptors (Lipinski definition) is 7. The van der Waals surface area contributed by atoms with Gasteiger partial charge in [0.15, 0.2) is 0 Å². The van der Waals surface area contributed by atoms with Gasteiger partial charge in [-0.05, 0) is 60.6 Å². The fraction of sp³-hybridized carbons (Fsp3) is 0.250. The number of anilines is 1. The van der Waals surface area contributed by atoms with E-state index in [-0.39, 0.29) is 17.2 Å². The van der Waals surface area contributed by atoms with Crippen LogP contribution in [0.4, 0.5) is 10.7 Å². The molecule has 0 unspecified atom stereocenters. The molecule has 0 saturated heterocycles. The van der Waals surface area contributed by atoms with E-state index in [0.717, 1.165) is 35.4 Å². The van der Waals surface area contributed by atoms with Crippen molar-refractivity contribution in [2.45, 2.75) is 32.4 Å². The van der Waals surface area contributed by atoms with Gasteiger partial charge in [-0.2, -0.15) is 0 Å². The molecule has 2 heterocycles. The lowest BCUT2D eigenvalue weighted by molar-refractivity contribution is -0.384. The zero-order valence-corrected chi connectivity index (χ0v) is 18.6. The van der Waals surface area contributed by atoms with Crippen LogP contribution in [0.2, 0.25) is 0 Å². The van der Waals surface area contributed by atoms with Crippen molar-refractivity contribution in [3.63, 3.8) is 0 Å². The quantitative estimate of drug-likeness (QED) is 0.248. The summed E-state index contributed by atoms with van der Waals surface area (Å²) >= 11 is 1.65. The summed E-state index contributed by atoms with van der Waals surface area (Å²) in [5, 5.41) is 18.1. The summed E-state index contributed by atoms with van der Waals surface area (Å²) < 4.78 is 5.46. The minimum Gasteiger partial charge on any atom is -0.423 e. The van der Waals surface area contributed by atoms with Crippen LogP contribution in [0.1, 0.15) is 56.2 Å². The lowest BCUT2D eigenvalue weighted by Crippen LogP contribution is -2.38. The van der Waals surface area contributed by atoms with Gasteiger partial charge in [0.05, 0.1) is 16.1 Å². The first kappa shape index (κ1) is 21.1. The molecule has 3 aromatic rings. The van der Waals surface area contributed by atoms with Crippen LogP contribution in [-0.4, -0.2) is 16.8 Å². The number of non-ortho nitro benzene ring substituents is 1. The molecule has 0 spiro atoms. The molecular formula is C24H21N3O5S. The van der Waals surface area contributed by atoms with Crippen LogP contribution < -0.4 is 15.4 Å². The van der Waals surface area contributed by atoms with Crippen molar-refractivity contribution >= 4 is 33.9 Å². The fourth-order valence-electron chi connectivity index (χ4n) is 4.27. The number of ether oxygens (including phenoxy) is 1. The second kappa shape index (κ2) is 8.32. The van der Waals surface area contributed by atoms with Gasteiger partial charge in [0.25, 0.3) is 11.6 Å². The zero-order valence-electron chi connectivity index (χ0n) is 17.8. The van der Waals surface area contributed by atoms with Crippen molar-refractivity contribution in [1.29, 1.82) is 0 Å². The maximum Gasteiger partial charge on any atom is 0.343 e. The maximum absolute atomic E-state index is 12.9. The van der Waals surface area contributed by atoms with Crippen molar-refractivity contribution in [1.82, 2.24) is 5.32 Å². The van der Waals surface area contributed by atoms with Gasteiger partial charge in [-0.25, -0.2) is 4.79 Å². The highest BCUT2D eigenvalue weighted by Gasteiger charge is 2.33. The maximum atomic E-state index is 12.9. The number of nitrogens with zero attached hydrogens (tertiary/aromatic N) is 1. The topological polar surface area (TPSA) is 111 Å². The van der Waals surface area contributed by atoms with Crippen molar-refractivity contribution in [3.8, 4) is 5.75 Å². The third kappa shape index (κ3) is 4.07. The summed E-state index contributed by atoms with van der Waals surface area (Å²) in [5.41, 5.74) is 2.79. The molecule has 9 heteroatoms. The molecule has 0 radical (unpaired) electrons. The van der Waals surface area contributed by atoms with E-state index in [2.05, 4.69) is 17.6 Å². The van der Waals surface area contributed by atoms with Crippen LogP contribution in [-0.2, 0) is 12.8 Å². The number of esters is 1. The van der Waals surface area contributed by atoms with Crippen LogP contribution in [0.5, 0.6) is 5.75 Å². The SMILES string of the molecule is C[C@@H]1CCc2c(sc3c2C(=O)N[C@H](c2cccc(OC(=O)c4ccc([N+](=O)[O-])cc4)c2)N3)C1. The number of carbonyl (C=O) groups is 2. The number of hydrogen-bond donors (Lipinski definition) is 2. The highest BCUT2D eigenvalue weighted by molar-refractivity contribution is 7.16. The van der Waals surface area contributed by atoms with Crippen molar-refractivity contribution in [2.24, 2.45) is 5.92 Å². The Labute approximate surface area is 193 Å². The Morgan fingerprint density at radius 2 is 1.97 bits per heavy atom. The van der Waals surface area contributed by atoms with E-state index < -0.39 is 17.1 Å². The first-order valence-corrected chi connectivity index (χ1v) is 11.5. The average molecular weight is 464 g/mol. The Bertz CT molecular complexity index is 1270. The Kier molecular flexibility index (Phi) is 5.33. The predicted octanol–water partition coefficient (Wildman–Crippen LogP) is 4.85. The van der Waals surface area contributed by atoms with Crippen molar-refractivity contribution in [3.05, 3.63) is 85.8 Å². The Hall–Kier alpha value is -3.72. The van der Waals surface area contributed by atoms with Gasteiger partial charge in [0.1, 0.15) is 16.9 Å². The summed E-state index contributed by atoms with van der Waals surface area (Å²) in [6.07, 6.45) is 2.58. The standard InChI is InChI=1S/C24H21N3O5S/c1-13-5-10-18-19(11-13)33-23-20(18)22(28)25-21(26-23)15-3-2-4-17(12-15)32-24(29)14-6-8-16(9-7-14)27(30)31/h2-4,6-9,12-13,21,26H,5,10-11H2,1H3,(H,25,28)/t13-,21+/m1/s1. The predicted molar refractivity (Wildman–Crippen MR) is 124 cm³/mol. The van der Waals surface area contributed by atoms with Crippen molar-refractivity contribution < 1.29 is 19.2 Å². The molecule has 5 rings (SSSR count). The third-order valence-electron chi connectivity index (χ3n) is 6.01. The van der Waals surface area contributed by atoms with Gasteiger partial charge in [-0.1, -0.05) is 19.1 Å². The second-order valence-electron chi connectivity index (χ2n) is 8.37. The number of nitro groups is 1. The molecule has 0 saturated carbocycles. The van der Waals surface area contributed by atoms with Crippen LogP contribution in [0, 0.1) is 16.0 Å². The van der Waals surface area contributed by atoms with Gasteiger partial charge < -0.3 is 15.4 Å². The van der Waals surface area contributed by atoms with Gasteiger partial charge in [0.2, 0.25) is 0 Å². The molecule has 1 aliphatic carbocycles. The second-order valence-corrected chi connectivity index (χ2v) is 9.48. The first-order chi connectivity index (χ1) is 15.9. The lowest BCUT2D eigenvalue weighted by Gasteiger charge is -2.27. The lowest BCUT2D eigenvalue weighted by atomic mass is 9.88. The molecule has 2 N–H and O–H groups in total. The van der Waals surface area contributed by atoms with Crippen LogP contribution in [0.25, 0.3) is 0 Å². The van der Waals surface area contributed by atoms with Crippen LogP contribution in [0.15, 0.2) is 48.5 Å². The molecular weight excluding hydrogens is 442 g/mol. The van der Waals surface area contributed by atoms with Crippen molar-refractivity contribution in [2.75, 3.05) is 5.32 Å². The van der Waals surface area contributed by atoms with Gasteiger partial charge >= 0.3 is 5.97 Å². The van der Waals surface area contributed by atoms with Gasteiger partial charge in [0, 0.05) is 17.0 Å². The highest BCUT2D eigenvalue weighted by atomic mass is 32.1. The van der Waals surface area contributed by atoms with E-state index in [4.69, 9.17) is 4.74 Å². The largest absolute Gasteiger partial charge is 0.423 e. The molecule has 1 amide bonds. The summed E-state index contributed by atoms with van der Waals surface area (Å²) in [6.45, 7) is 2.24. The minimum atomic E-state index is -0.620. The summed E-state index contributed by atoms with van der Waals surface area (Å²) in [5.74, 6) is 0.231. The highest BCUT2D eigenvalue weighted by Crippen LogP contribution is 2.42. The van der Waals surface area contributed by atoms with Crippen LogP contribution in [0.3, 0.4) is 0 Å². The molecule has 2 aliphatic rings. The number of nitro benzene ring substituents is 1. The molecule has 0 fully saturated rings. The van der Waals surface area contributed by atoms with E-state index in [1.807, 2.05) is 6.07 Å². The van der Waals surface area contributed by atoms with Gasteiger partial charge in [-0.15, -0.1) is 11.3 Å². The number of rotatable bonds is 4. The van der Waals surface area contributed by atoms with E-state index in [1.54, 1.807) is 29.5 Å². The number of amides is 1. The zero-order chi connectivity index (χ0) is 23.1. The normalized spacial score (nSPS) is 19.0. The van der Waals surface area contributed by atoms with E-state index in [0.29, 0.717) is 11.7 Å². The first-order valence-electron chi connectivity index (χ1n) is 10.7.